The SMILES string of the molecule is CCc1nn(CC)c(Cn2cc(C(Cl)CC)nn2)c1Br. The molecule has 0 saturated carbocycles. The maximum Gasteiger partial charge on any atom is 0.101 e. The number of hydrogen-bond donors (Lipinski definition) is 0. The second-order valence-corrected chi connectivity index (χ2v) is 5.91. The van der Waals surface area contributed by atoms with Gasteiger partial charge in [0.05, 0.1) is 34.0 Å². The molecule has 0 aliphatic carbocycles. The molecule has 110 valence electrons. The quantitative estimate of drug-likeness (QED) is 0.740. The van der Waals surface area contributed by atoms with Crippen molar-refractivity contribution in [3.63, 3.8) is 0 Å². The fraction of sp³-hybridized carbons (Fsp3) is 0.615. The van der Waals surface area contributed by atoms with Crippen LogP contribution in [0.2, 0.25) is 0 Å². The fourth-order valence-corrected chi connectivity index (χ4v) is 2.85. The zero-order valence-electron chi connectivity index (χ0n) is 12.0. The van der Waals surface area contributed by atoms with Crippen LogP contribution in [0.4, 0.5) is 0 Å². The largest absolute Gasteiger partial charge is 0.267 e. The summed E-state index contributed by atoms with van der Waals surface area (Å²) in [4.78, 5) is 0. The van der Waals surface area contributed by atoms with Gasteiger partial charge >= 0.3 is 0 Å². The van der Waals surface area contributed by atoms with Gasteiger partial charge in [0.2, 0.25) is 0 Å². The zero-order chi connectivity index (χ0) is 14.7. The molecule has 20 heavy (non-hydrogen) atoms. The highest BCUT2D eigenvalue weighted by Crippen LogP contribution is 2.24. The van der Waals surface area contributed by atoms with Crippen molar-refractivity contribution in [1.29, 1.82) is 0 Å². The molecule has 0 bridgehead atoms. The molecule has 2 heterocycles. The van der Waals surface area contributed by atoms with Crippen LogP contribution in [0.5, 0.6) is 0 Å². The summed E-state index contributed by atoms with van der Waals surface area (Å²) in [7, 11) is 0. The first-order chi connectivity index (χ1) is 9.60. The number of nitrogens with zero attached hydrogens (tertiary/aromatic N) is 5. The maximum absolute atomic E-state index is 6.18. The highest BCUT2D eigenvalue weighted by atomic mass is 79.9. The number of hydrogen-bond acceptors (Lipinski definition) is 3. The number of alkyl halides is 1. The molecule has 5 nitrogen and oxygen atoms in total. The van der Waals surface area contributed by atoms with Gasteiger partial charge in [-0.15, -0.1) is 16.7 Å². The van der Waals surface area contributed by atoms with Crippen molar-refractivity contribution in [1.82, 2.24) is 24.8 Å². The Morgan fingerprint density at radius 2 is 2.10 bits per heavy atom. The van der Waals surface area contributed by atoms with Crippen LogP contribution in [0.15, 0.2) is 10.7 Å². The van der Waals surface area contributed by atoms with Gasteiger partial charge < -0.3 is 0 Å². The van der Waals surface area contributed by atoms with Crippen molar-refractivity contribution < 1.29 is 0 Å². The van der Waals surface area contributed by atoms with Crippen molar-refractivity contribution in [2.75, 3.05) is 0 Å². The number of aromatic nitrogens is 5. The summed E-state index contributed by atoms with van der Waals surface area (Å²) >= 11 is 9.82. The van der Waals surface area contributed by atoms with E-state index in [4.69, 9.17) is 11.6 Å². The van der Waals surface area contributed by atoms with E-state index in [1.807, 2.05) is 22.5 Å². The molecule has 0 amide bonds. The van der Waals surface area contributed by atoms with Crippen molar-refractivity contribution in [3.05, 3.63) is 27.8 Å². The summed E-state index contributed by atoms with van der Waals surface area (Å²) in [6, 6.07) is 0. The summed E-state index contributed by atoms with van der Waals surface area (Å²) in [5.41, 5.74) is 3.01. The van der Waals surface area contributed by atoms with Crippen LogP contribution in [-0.4, -0.2) is 24.8 Å². The van der Waals surface area contributed by atoms with E-state index in [0.29, 0.717) is 6.54 Å². The third kappa shape index (κ3) is 3.06. The number of aryl methyl sites for hydroxylation is 2. The predicted molar refractivity (Wildman–Crippen MR) is 83.0 cm³/mol. The summed E-state index contributed by atoms with van der Waals surface area (Å²) in [5, 5.41) is 12.8. The van der Waals surface area contributed by atoms with E-state index in [0.717, 1.165) is 40.9 Å². The van der Waals surface area contributed by atoms with Crippen LogP contribution in [0.3, 0.4) is 0 Å². The Bertz CT molecular complexity index is 577. The minimum absolute atomic E-state index is 0.0746. The molecule has 1 unspecified atom stereocenters. The van der Waals surface area contributed by atoms with E-state index in [9.17, 15) is 0 Å². The molecule has 0 spiro atoms. The van der Waals surface area contributed by atoms with Crippen LogP contribution in [0.1, 0.15) is 49.7 Å². The van der Waals surface area contributed by atoms with E-state index in [-0.39, 0.29) is 5.38 Å². The van der Waals surface area contributed by atoms with E-state index in [1.54, 1.807) is 0 Å². The molecule has 7 heteroatoms. The summed E-state index contributed by atoms with van der Waals surface area (Å²) in [5.74, 6) is 0. The van der Waals surface area contributed by atoms with Gasteiger partial charge in [-0.05, 0) is 35.7 Å². The lowest BCUT2D eigenvalue weighted by molar-refractivity contribution is 0.562. The first kappa shape index (κ1) is 15.5. The van der Waals surface area contributed by atoms with Gasteiger partial charge in [-0.1, -0.05) is 19.1 Å². The molecule has 0 N–H and O–H groups in total. The van der Waals surface area contributed by atoms with Crippen molar-refractivity contribution in [2.24, 2.45) is 0 Å². The molecule has 0 aromatic carbocycles. The van der Waals surface area contributed by atoms with Gasteiger partial charge in [-0.25, -0.2) is 4.68 Å². The standard InChI is InChI=1S/C13H19BrClN5/c1-4-9(15)11-7-19(18-16-11)8-12-13(14)10(5-2)17-20(12)6-3/h7,9H,4-6,8H2,1-3H3. The molecular weight excluding hydrogens is 342 g/mol. The molecule has 0 saturated heterocycles. The Morgan fingerprint density at radius 1 is 1.35 bits per heavy atom. The maximum atomic E-state index is 6.18. The lowest BCUT2D eigenvalue weighted by Crippen LogP contribution is -2.09. The van der Waals surface area contributed by atoms with Gasteiger partial charge in [0.15, 0.2) is 0 Å². The Morgan fingerprint density at radius 3 is 2.70 bits per heavy atom. The third-order valence-electron chi connectivity index (χ3n) is 3.24. The van der Waals surface area contributed by atoms with Gasteiger partial charge in [0.1, 0.15) is 5.69 Å². The molecule has 1 atom stereocenters. The van der Waals surface area contributed by atoms with E-state index in [1.165, 1.54) is 0 Å². The molecule has 0 aliphatic rings. The monoisotopic (exact) mass is 359 g/mol. The number of rotatable bonds is 6. The molecule has 0 aliphatic heterocycles. The second-order valence-electron chi connectivity index (χ2n) is 4.59. The Hall–Kier alpha value is -0.880. The van der Waals surface area contributed by atoms with Gasteiger partial charge in [-0.3, -0.25) is 4.68 Å². The van der Waals surface area contributed by atoms with Crippen LogP contribution >= 0.6 is 27.5 Å². The lowest BCUT2D eigenvalue weighted by atomic mass is 10.2. The van der Waals surface area contributed by atoms with Crippen LogP contribution in [0, 0.1) is 0 Å². The minimum Gasteiger partial charge on any atom is -0.267 e. The van der Waals surface area contributed by atoms with Crippen LogP contribution < -0.4 is 0 Å². The average Bonchev–Trinajstić information content (AvgIpc) is 3.04. The second kappa shape index (κ2) is 6.72. The zero-order valence-corrected chi connectivity index (χ0v) is 14.3. The third-order valence-corrected chi connectivity index (χ3v) is 4.69. The van der Waals surface area contributed by atoms with E-state index < -0.39 is 0 Å². The van der Waals surface area contributed by atoms with Crippen molar-refractivity contribution in [3.8, 4) is 0 Å². The molecule has 0 fully saturated rings. The molecular formula is C13H19BrClN5. The van der Waals surface area contributed by atoms with E-state index in [2.05, 4.69) is 45.2 Å². The fourth-order valence-electron chi connectivity index (χ4n) is 2.07. The van der Waals surface area contributed by atoms with E-state index >= 15 is 0 Å². The molecule has 2 aromatic rings. The van der Waals surface area contributed by atoms with Gasteiger partial charge in [0, 0.05) is 6.54 Å². The van der Waals surface area contributed by atoms with Crippen LogP contribution in [0.25, 0.3) is 0 Å². The average molecular weight is 361 g/mol. The van der Waals surface area contributed by atoms with Crippen molar-refractivity contribution >= 4 is 27.5 Å². The molecule has 2 aromatic heterocycles. The Kier molecular flexibility index (Phi) is 5.21. The van der Waals surface area contributed by atoms with Crippen LogP contribution in [-0.2, 0) is 19.5 Å². The van der Waals surface area contributed by atoms with Crippen molar-refractivity contribution in [2.45, 2.75) is 52.1 Å². The topological polar surface area (TPSA) is 48.5 Å². The van der Waals surface area contributed by atoms with Gasteiger partial charge in [-0.2, -0.15) is 5.10 Å². The first-order valence-electron chi connectivity index (χ1n) is 6.88. The Labute approximate surface area is 132 Å². The first-order valence-corrected chi connectivity index (χ1v) is 8.11. The smallest absolute Gasteiger partial charge is 0.101 e. The lowest BCUT2D eigenvalue weighted by Gasteiger charge is -2.05. The highest BCUT2D eigenvalue weighted by Gasteiger charge is 2.16. The summed E-state index contributed by atoms with van der Waals surface area (Å²) < 4.78 is 4.88. The molecule has 2 rings (SSSR count). The molecule has 0 radical (unpaired) electrons. The highest BCUT2D eigenvalue weighted by molar-refractivity contribution is 9.10. The summed E-state index contributed by atoms with van der Waals surface area (Å²) in [6.07, 6.45) is 3.66. The Balaban J connectivity index is 2.25. The number of halogens is 2. The predicted octanol–water partition coefficient (Wildman–Crippen LogP) is 3.56. The summed E-state index contributed by atoms with van der Waals surface area (Å²) in [6.45, 7) is 7.70. The van der Waals surface area contributed by atoms with Gasteiger partial charge in [0.25, 0.3) is 0 Å². The minimum atomic E-state index is -0.0746. The normalized spacial score (nSPS) is 12.8.